The lowest BCUT2D eigenvalue weighted by Crippen LogP contribution is -2.55. The zero-order chi connectivity index (χ0) is 25.4. The number of rotatable bonds is 4. The number of aliphatic hydroxyl groups is 1. The normalized spacial score (nSPS) is 50.3. The molecule has 10 atom stereocenters. The van der Waals surface area contributed by atoms with Gasteiger partial charge in [0.1, 0.15) is 0 Å². The quantitative estimate of drug-likeness (QED) is 0.405. The first kappa shape index (κ1) is 26.3. The summed E-state index contributed by atoms with van der Waals surface area (Å²) >= 11 is 0. The SMILES string of the molecule is CCO[C@@H]1C[C@@H]([C@H](C)[C@H]2CC[C@]3(C)C4=C(CC[C@@]23C)[C@]2(C)CC[C@H](O)C(C)(C)[C@H]2CC4)CC[C@@H]1C. The molecule has 1 N–H and O–H groups in total. The lowest BCUT2D eigenvalue weighted by atomic mass is 9.43. The van der Waals surface area contributed by atoms with E-state index in [1.807, 2.05) is 11.1 Å². The van der Waals surface area contributed by atoms with Gasteiger partial charge in [0.2, 0.25) is 0 Å². The third-order valence-corrected chi connectivity index (χ3v) is 13.7. The Morgan fingerprint density at radius 1 is 0.914 bits per heavy atom. The Morgan fingerprint density at radius 2 is 1.66 bits per heavy atom. The zero-order valence-electron chi connectivity index (χ0n) is 24.4. The van der Waals surface area contributed by atoms with Crippen molar-refractivity contribution in [1.29, 1.82) is 0 Å². The average molecular weight is 485 g/mol. The van der Waals surface area contributed by atoms with Crippen molar-refractivity contribution < 1.29 is 9.84 Å². The van der Waals surface area contributed by atoms with Crippen molar-refractivity contribution in [3.8, 4) is 0 Å². The van der Waals surface area contributed by atoms with Crippen LogP contribution in [-0.2, 0) is 4.74 Å². The molecule has 0 radical (unpaired) electrons. The van der Waals surface area contributed by atoms with Crippen molar-refractivity contribution in [2.45, 2.75) is 138 Å². The van der Waals surface area contributed by atoms with Crippen LogP contribution in [0.3, 0.4) is 0 Å². The molecule has 0 aromatic carbocycles. The van der Waals surface area contributed by atoms with Crippen LogP contribution in [0.4, 0.5) is 0 Å². The van der Waals surface area contributed by atoms with E-state index in [2.05, 4.69) is 55.4 Å². The number of ether oxygens (including phenoxy) is 1. The first-order valence-corrected chi connectivity index (χ1v) is 15.4. The van der Waals surface area contributed by atoms with Gasteiger partial charge in [-0.3, -0.25) is 0 Å². The van der Waals surface area contributed by atoms with Crippen LogP contribution in [-0.4, -0.2) is 23.9 Å². The minimum Gasteiger partial charge on any atom is -0.393 e. The highest BCUT2D eigenvalue weighted by Gasteiger charge is 2.63. The van der Waals surface area contributed by atoms with Crippen molar-refractivity contribution in [2.24, 2.45) is 51.2 Å². The van der Waals surface area contributed by atoms with Crippen LogP contribution in [0.2, 0.25) is 0 Å². The van der Waals surface area contributed by atoms with Crippen molar-refractivity contribution in [1.82, 2.24) is 0 Å². The summed E-state index contributed by atoms with van der Waals surface area (Å²) in [5.41, 5.74) is 4.88. The molecular formula is C33H56O2. The first-order chi connectivity index (χ1) is 16.4. The van der Waals surface area contributed by atoms with Crippen LogP contribution in [0.5, 0.6) is 0 Å². The van der Waals surface area contributed by atoms with E-state index in [1.165, 1.54) is 64.2 Å². The van der Waals surface area contributed by atoms with Crippen LogP contribution in [0.1, 0.15) is 126 Å². The van der Waals surface area contributed by atoms with Crippen molar-refractivity contribution >= 4 is 0 Å². The van der Waals surface area contributed by atoms with Gasteiger partial charge in [-0.25, -0.2) is 0 Å². The highest BCUT2D eigenvalue weighted by Crippen LogP contribution is 2.72. The molecule has 5 aliphatic rings. The molecule has 0 aromatic rings. The van der Waals surface area contributed by atoms with Crippen LogP contribution in [0.25, 0.3) is 0 Å². The van der Waals surface area contributed by atoms with Gasteiger partial charge in [0.25, 0.3) is 0 Å². The Kier molecular flexibility index (Phi) is 6.65. The maximum atomic E-state index is 10.9. The van der Waals surface area contributed by atoms with Gasteiger partial charge in [0.15, 0.2) is 0 Å². The predicted octanol–water partition coefficient (Wildman–Crippen LogP) is 8.57. The summed E-state index contributed by atoms with van der Waals surface area (Å²) in [6, 6.07) is 0. The van der Waals surface area contributed by atoms with Gasteiger partial charge in [-0.05, 0) is 129 Å². The van der Waals surface area contributed by atoms with E-state index in [9.17, 15) is 5.11 Å². The molecule has 0 heterocycles. The third-order valence-electron chi connectivity index (χ3n) is 13.7. The third kappa shape index (κ3) is 3.69. The molecule has 3 fully saturated rings. The Hall–Kier alpha value is -0.340. The van der Waals surface area contributed by atoms with Crippen molar-refractivity contribution in [2.75, 3.05) is 6.61 Å². The fraction of sp³-hybridized carbons (Fsp3) is 0.939. The smallest absolute Gasteiger partial charge is 0.0603 e. The fourth-order valence-electron chi connectivity index (χ4n) is 11.1. The Balaban J connectivity index is 1.43. The van der Waals surface area contributed by atoms with Gasteiger partial charge >= 0.3 is 0 Å². The van der Waals surface area contributed by atoms with Gasteiger partial charge in [-0.1, -0.05) is 59.6 Å². The largest absolute Gasteiger partial charge is 0.393 e. The van der Waals surface area contributed by atoms with E-state index in [0.717, 1.165) is 36.7 Å². The molecule has 0 unspecified atom stereocenters. The maximum Gasteiger partial charge on any atom is 0.0603 e. The minimum atomic E-state index is -0.136. The molecule has 0 amide bonds. The minimum absolute atomic E-state index is 0.0368. The number of hydrogen-bond acceptors (Lipinski definition) is 2. The molecule has 5 rings (SSSR count). The number of allylic oxidation sites excluding steroid dienone is 2. The monoisotopic (exact) mass is 484 g/mol. The average Bonchev–Trinajstić information content (AvgIpc) is 3.09. The van der Waals surface area contributed by atoms with Gasteiger partial charge in [-0.2, -0.15) is 0 Å². The van der Waals surface area contributed by atoms with E-state index in [1.54, 1.807) is 0 Å². The van der Waals surface area contributed by atoms with Crippen LogP contribution < -0.4 is 0 Å². The molecule has 5 aliphatic carbocycles. The van der Waals surface area contributed by atoms with E-state index >= 15 is 0 Å². The second kappa shape index (κ2) is 8.86. The highest BCUT2D eigenvalue weighted by atomic mass is 16.5. The molecule has 0 bridgehead atoms. The van der Waals surface area contributed by atoms with E-state index < -0.39 is 0 Å². The summed E-state index contributed by atoms with van der Waals surface area (Å²) in [6.45, 7) is 20.8. The standard InChI is InChI=1S/C33H56O2/c1-9-35-27-20-23(11-10-21(27)2)22(3)24-14-18-33(8)26-12-13-28-30(4,5)29(34)16-17-31(28,6)25(26)15-19-32(24,33)7/h21-24,27-29,34H,9-20H2,1-8H3/t21-,22-,23-,24+,27+,28+,29-,31-,32-,33+/m0/s1. The van der Waals surface area contributed by atoms with E-state index in [4.69, 9.17) is 4.74 Å². The highest BCUT2D eigenvalue weighted by molar-refractivity contribution is 5.38. The molecule has 0 spiro atoms. The Morgan fingerprint density at radius 3 is 2.37 bits per heavy atom. The summed E-state index contributed by atoms with van der Waals surface area (Å²) in [5, 5.41) is 10.9. The predicted molar refractivity (Wildman–Crippen MR) is 146 cm³/mol. The summed E-state index contributed by atoms with van der Waals surface area (Å²) in [5.74, 6) is 3.82. The molecule has 3 saturated carbocycles. The van der Waals surface area contributed by atoms with Gasteiger partial charge in [-0.15, -0.1) is 0 Å². The van der Waals surface area contributed by atoms with Crippen LogP contribution in [0.15, 0.2) is 11.1 Å². The fourth-order valence-corrected chi connectivity index (χ4v) is 11.1. The summed E-state index contributed by atoms with van der Waals surface area (Å²) in [7, 11) is 0. The number of fused-ring (bicyclic) bond motifs is 4. The summed E-state index contributed by atoms with van der Waals surface area (Å²) < 4.78 is 6.22. The molecule has 200 valence electrons. The Bertz CT molecular complexity index is 842. The lowest BCUT2D eigenvalue weighted by Gasteiger charge is -2.62. The van der Waals surface area contributed by atoms with Crippen molar-refractivity contribution in [3.63, 3.8) is 0 Å². The molecule has 0 aromatic heterocycles. The topological polar surface area (TPSA) is 29.5 Å². The summed E-state index contributed by atoms with van der Waals surface area (Å²) in [6.07, 6.45) is 14.6. The zero-order valence-corrected chi connectivity index (χ0v) is 24.4. The lowest BCUT2D eigenvalue weighted by molar-refractivity contribution is -0.0971. The Labute approximate surface area is 217 Å². The molecule has 2 nitrogen and oxygen atoms in total. The number of aliphatic hydroxyl groups excluding tert-OH is 1. The van der Waals surface area contributed by atoms with Gasteiger partial charge in [0.05, 0.1) is 12.2 Å². The number of hydrogen-bond donors (Lipinski definition) is 1. The van der Waals surface area contributed by atoms with Gasteiger partial charge < -0.3 is 9.84 Å². The first-order valence-electron chi connectivity index (χ1n) is 15.4. The second-order valence-corrected chi connectivity index (χ2v) is 15.1. The molecular weight excluding hydrogens is 428 g/mol. The van der Waals surface area contributed by atoms with Crippen LogP contribution >= 0.6 is 0 Å². The molecule has 0 saturated heterocycles. The van der Waals surface area contributed by atoms with E-state index in [0.29, 0.717) is 28.3 Å². The molecule has 35 heavy (non-hydrogen) atoms. The van der Waals surface area contributed by atoms with E-state index in [-0.39, 0.29) is 11.5 Å². The second-order valence-electron chi connectivity index (χ2n) is 15.1. The maximum absolute atomic E-state index is 10.9. The van der Waals surface area contributed by atoms with Gasteiger partial charge in [0, 0.05) is 6.61 Å². The summed E-state index contributed by atoms with van der Waals surface area (Å²) in [4.78, 5) is 0. The molecule has 0 aliphatic heterocycles. The van der Waals surface area contributed by atoms with Crippen molar-refractivity contribution in [3.05, 3.63) is 11.1 Å². The molecule has 2 heteroatoms. The van der Waals surface area contributed by atoms with Crippen LogP contribution in [0, 0.1) is 51.2 Å².